The highest BCUT2D eigenvalue weighted by molar-refractivity contribution is 5.41. The van der Waals surface area contributed by atoms with Crippen molar-refractivity contribution in [1.82, 2.24) is 0 Å². The summed E-state index contributed by atoms with van der Waals surface area (Å²) >= 11 is 0. The molecule has 1 aromatic carbocycles. The van der Waals surface area contributed by atoms with Crippen LogP contribution in [0.25, 0.3) is 0 Å². The van der Waals surface area contributed by atoms with Gasteiger partial charge in [-0.15, -0.1) is 0 Å². The molecule has 0 aromatic heterocycles. The van der Waals surface area contributed by atoms with Gasteiger partial charge in [-0.05, 0) is 61.6 Å². The molecule has 0 aliphatic heterocycles. The molecular weight excluding hydrogens is 326 g/mol. The van der Waals surface area contributed by atoms with Gasteiger partial charge in [-0.2, -0.15) is 0 Å². The Labute approximate surface area is 158 Å². The Kier molecular flexibility index (Phi) is 8.23. The lowest BCUT2D eigenvalue weighted by Crippen LogP contribution is -2.46. The Morgan fingerprint density at radius 3 is 2.62 bits per heavy atom. The molecule has 1 atom stereocenters. The third-order valence-electron chi connectivity index (χ3n) is 5.60. The van der Waals surface area contributed by atoms with Crippen molar-refractivity contribution in [2.45, 2.75) is 77.2 Å². The molecule has 0 heterocycles. The summed E-state index contributed by atoms with van der Waals surface area (Å²) in [6, 6.07) is 5.60. The first-order chi connectivity index (χ1) is 12.4. The van der Waals surface area contributed by atoms with Gasteiger partial charge < -0.3 is 20.7 Å². The van der Waals surface area contributed by atoms with Crippen LogP contribution in [0.3, 0.4) is 0 Å². The molecule has 4 N–H and O–H groups in total. The lowest BCUT2D eigenvalue weighted by atomic mass is 9.75. The molecule has 0 spiro atoms. The van der Waals surface area contributed by atoms with Crippen molar-refractivity contribution in [2.24, 2.45) is 17.6 Å². The maximum Gasteiger partial charge on any atom is 0.160 e. The summed E-state index contributed by atoms with van der Waals surface area (Å²) in [5, 5.41) is 19.9. The fourth-order valence-electron chi connectivity index (χ4n) is 3.59. The Bertz CT molecular complexity index is 542. The summed E-state index contributed by atoms with van der Waals surface area (Å²) in [5.74, 6) is 2.14. The first kappa shape index (κ1) is 21.0. The second-order valence-corrected chi connectivity index (χ2v) is 8.56. The minimum Gasteiger partial charge on any atom is -0.504 e. The summed E-state index contributed by atoms with van der Waals surface area (Å²) < 4.78 is 5.70. The molecule has 26 heavy (non-hydrogen) atoms. The number of phenols is 1. The fraction of sp³-hybridized carbons (Fsp3) is 0.727. The largest absolute Gasteiger partial charge is 0.504 e. The number of benzene rings is 1. The van der Waals surface area contributed by atoms with Crippen LogP contribution >= 0.6 is 0 Å². The van der Waals surface area contributed by atoms with E-state index in [1.807, 2.05) is 12.1 Å². The van der Waals surface area contributed by atoms with Crippen LogP contribution in [0.15, 0.2) is 18.2 Å². The van der Waals surface area contributed by atoms with E-state index in [-0.39, 0.29) is 12.4 Å². The molecule has 1 aromatic rings. The summed E-state index contributed by atoms with van der Waals surface area (Å²) in [6.07, 6.45) is 9.52. The summed E-state index contributed by atoms with van der Waals surface area (Å²) in [4.78, 5) is 0. The third-order valence-corrected chi connectivity index (χ3v) is 5.60. The summed E-state index contributed by atoms with van der Waals surface area (Å²) in [7, 11) is 0. The second-order valence-electron chi connectivity index (χ2n) is 8.56. The number of aryl methyl sites for hydroxylation is 1. The molecule has 1 aliphatic rings. The minimum absolute atomic E-state index is 0.0209. The number of aromatic hydroxyl groups is 1. The Morgan fingerprint density at radius 2 is 2.04 bits per heavy atom. The van der Waals surface area contributed by atoms with Crippen LogP contribution in [0.4, 0.5) is 0 Å². The number of aliphatic hydroxyl groups is 1. The third kappa shape index (κ3) is 6.81. The van der Waals surface area contributed by atoms with Crippen molar-refractivity contribution >= 4 is 0 Å². The van der Waals surface area contributed by atoms with Crippen LogP contribution in [-0.4, -0.2) is 29.0 Å². The van der Waals surface area contributed by atoms with E-state index in [0.717, 1.165) is 43.6 Å². The molecular formula is C22H37NO3. The molecule has 1 saturated carbocycles. The van der Waals surface area contributed by atoms with Crippen molar-refractivity contribution < 1.29 is 14.9 Å². The van der Waals surface area contributed by atoms with Gasteiger partial charge >= 0.3 is 0 Å². The Hall–Kier alpha value is -1.26. The lowest BCUT2D eigenvalue weighted by molar-refractivity contribution is 0.135. The molecule has 1 fully saturated rings. The van der Waals surface area contributed by atoms with E-state index >= 15 is 0 Å². The normalized spacial score (nSPS) is 17.1. The van der Waals surface area contributed by atoms with Gasteiger partial charge in [0.25, 0.3) is 0 Å². The molecule has 0 unspecified atom stereocenters. The topological polar surface area (TPSA) is 75.7 Å². The SMILES string of the molecule is CC(C)CCCCOc1ccc(CC[C@@](N)(CO)CC2CCC2)cc1O. The first-order valence-electron chi connectivity index (χ1n) is 10.3. The maximum atomic E-state index is 10.2. The number of hydrogen-bond acceptors (Lipinski definition) is 4. The molecule has 0 bridgehead atoms. The van der Waals surface area contributed by atoms with Gasteiger partial charge in [-0.1, -0.05) is 45.6 Å². The summed E-state index contributed by atoms with van der Waals surface area (Å²) in [6.45, 7) is 5.11. The first-order valence-corrected chi connectivity index (χ1v) is 10.3. The zero-order valence-electron chi connectivity index (χ0n) is 16.5. The van der Waals surface area contributed by atoms with Crippen molar-refractivity contribution in [2.75, 3.05) is 13.2 Å². The van der Waals surface area contributed by atoms with Gasteiger partial charge in [0.1, 0.15) is 0 Å². The van der Waals surface area contributed by atoms with E-state index in [1.54, 1.807) is 6.07 Å². The fourth-order valence-corrected chi connectivity index (χ4v) is 3.59. The van der Waals surface area contributed by atoms with Gasteiger partial charge in [0.2, 0.25) is 0 Å². The van der Waals surface area contributed by atoms with Crippen LogP contribution in [0, 0.1) is 11.8 Å². The zero-order chi connectivity index (χ0) is 19.0. The number of nitrogens with two attached hydrogens (primary N) is 1. The van der Waals surface area contributed by atoms with E-state index in [9.17, 15) is 10.2 Å². The van der Waals surface area contributed by atoms with Crippen molar-refractivity contribution in [3.8, 4) is 11.5 Å². The van der Waals surface area contributed by atoms with E-state index in [4.69, 9.17) is 10.5 Å². The maximum absolute atomic E-state index is 10.2. The Balaban J connectivity index is 1.78. The predicted molar refractivity (Wildman–Crippen MR) is 107 cm³/mol. The van der Waals surface area contributed by atoms with Crippen molar-refractivity contribution in [3.05, 3.63) is 23.8 Å². The zero-order valence-corrected chi connectivity index (χ0v) is 16.5. The quantitative estimate of drug-likeness (QED) is 0.481. The standard InChI is InChI=1S/C22H37NO3/c1-17(2)6-3-4-13-26-21-10-9-18(14-20(21)25)11-12-22(23,16-24)15-19-7-5-8-19/h9-10,14,17,19,24-25H,3-8,11-13,15-16,23H2,1-2H3/t22-/m0/s1. The monoisotopic (exact) mass is 363 g/mol. The van der Waals surface area contributed by atoms with Gasteiger partial charge in [-0.3, -0.25) is 0 Å². The van der Waals surface area contributed by atoms with Gasteiger partial charge in [0.15, 0.2) is 11.5 Å². The smallest absolute Gasteiger partial charge is 0.160 e. The van der Waals surface area contributed by atoms with Crippen molar-refractivity contribution in [3.63, 3.8) is 0 Å². The predicted octanol–water partition coefficient (Wildman–Crippen LogP) is 4.41. The highest BCUT2D eigenvalue weighted by Gasteiger charge is 2.30. The van der Waals surface area contributed by atoms with Crippen LogP contribution in [0.5, 0.6) is 11.5 Å². The van der Waals surface area contributed by atoms with E-state index in [1.165, 1.54) is 25.7 Å². The van der Waals surface area contributed by atoms with Crippen molar-refractivity contribution in [1.29, 1.82) is 0 Å². The molecule has 0 amide bonds. The Morgan fingerprint density at radius 1 is 1.27 bits per heavy atom. The van der Waals surface area contributed by atoms with Gasteiger partial charge in [-0.25, -0.2) is 0 Å². The summed E-state index contributed by atoms with van der Waals surface area (Å²) in [5.41, 5.74) is 6.93. The highest BCUT2D eigenvalue weighted by Crippen LogP contribution is 2.35. The number of hydrogen-bond donors (Lipinski definition) is 3. The molecule has 2 rings (SSSR count). The van der Waals surface area contributed by atoms with Crippen LogP contribution < -0.4 is 10.5 Å². The molecule has 4 heteroatoms. The number of ether oxygens (including phenoxy) is 1. The lowest BCUT2D eigenvalue weighted by Gasteiger charge is -2.35. The van der Waals surface area contributed by atoms with Crippen LogP contribution in [0.2, 0.25) is 0 Å². The second kappa shape index (κ2) is 10.2. The number of rotatable bonds is 12. The number of phenolic OH excluding ortho intramolecular Hbond substituents is 1. The average molecular weight is 364 g/mol. The molecule has 0 radical (unpaired) electrons. The molecule has 4 nitrogen and oxygen atoms in total. The van der Waals surface area contributed by atoms with Crippen LogP contribution in [0.1, 0.15) is 70.8 Å². The molecule has 0 saturated heterocycles. The number of unbranched alkanes of at least 4 members (excludes halogenated alkanes) is 1. The van der Waals surface area contributed by atoms with E-state index < -0.39 is 5.54 Å². The highest BCUT2D eigenvalue weighted by atomic mass is 16.5. The molecule has 1 aliphatic carbocycles. The van der Waals surface area contributed by atoms with E-state index in [0.29, 0.717) is 18.3 Å². The van der Waals surface area contributed by atoms with E-state index in [2.05, 4.69) is 13.8 Å². The molecule has 148 valence electrons. The van der Waals surface area contributed by atoms with Crippen LogP contribution in [-0.2, 0) is 6.42 Å². The van der Waals surface area contributed by atoms with Gasteiger partial charge in [0, 0.05) is 5.54 Å². The average Bonchev–Trinajstić information content (AvgIpc) is 2.57. The number of aliphatic hydroxyl groups excluding tert-OH is 1. The minimum atomic E-state index is -0.508. The van der Waals surface area contributed by atoms with Gasteiger partial charge in [0.05, 0.1) is 13.2 Å².